The van der Waals surface area contributed by atoms with Crippen LogP contribution in [0.5, 0.6) is 11.5 Å². The van der Waals surface area contributed by atoms with Crippen molar-refractivity contribution >= 4 is 11.9 Å². The number of carbonyl (C=O) groups is 2. The minimum Gasteiger partial charge on any atom is -0.481 e. The van der Waals surface area contributed by atoms with Crippen LogP contribution in [0, 0.1) is 36.8 Å². The van der Waals surface area contributed by atoms with Crippen molar-refractivity contribution in [3.05, 3.63) is 116 Å². The second-order valence-electron chi connectivity index (χ2n) is 13.2. The van der Waals surface area contributed by atoms with Crippen LogP contribution in [0.25, 0.3) is 11.1 Å². The summed E-state index contributed by atoms with van der Waals surface area (Å²) >= 11 is 0. The third kappa shape index (κ3) is 7.64. The molecule has 3 heterocycles. The maximum absolute atomic E-state index is 16.0. The zero-order valence-electron chi connectivity index (χ0n) is 28.4. The van der Waals surface area contributed by atoms with Crippen LogP contribution < -0.4 is 15.6 Å². The molecule has 4 bridgehead atoms. The van der Waals surface area contributed by atoms with Gasteiger partial charge < -0.3 is 15.2 Å². The summed E-state index contributed by atoms with van der Waals surface area (Å²) in [5, 5.41) is 21.7. The number of aromatic nitrogens is 1. The van der Waals surface area contributed by atoms with E-state index in [1.165, 1.54) is 25.1 Å². The molecule has 53 heavy (non-hydrogen) atoms. The molecule has 1 amide bonds. The fourth-order valence-corrected chi connectivity index (χ4v) is 6.89. The maximum atomic E-state index is 16.0. The minimum atomic E-state index is -5.00. The number of benzene rings is 3. The van der Waals surface area contributed by atoms with Gasteiger partial charge in [0, 0.05) is 48.6 Å². The Bertz CT molecular complexity index is 2220. The van der Waals surface area contributed by atoms with Crippen LogP contribution in [-0.2, 0) is 28.6 Å². The Morgan fingerprint density at radius 2 is 1.77 bits per heavy atom. The SMILES string of the molecule is Cc1cc2cc(c1F)[C@H](CC(=O)O)NC(=O)[C@@H](n1cc(CCN3CC(F)C3)c(C(F)(F)F)cc1=O)c1cc(ccc1F)Oc1cc(CC#N)cc(C)c1-2. The lowest BCUT2D eigenvalue weighted by Crippen LogP contribution is -2.49. The van der Waals surface area contributed by atoms with Gasteiger partial charge in [-0.2, -0.15) is 18.4 Å². The highest BCUT2D eigenvalue weighted by atomic mass is 19.4. The number of nitrogens with one attached hydrogen (secondary N) is 1. The summed E-state index contributed by atoms with van der Waals surface area (Å²) in [6.07, 6.45) is -6.55. The Morgan fingerprint density at radius 1 is 1.04 bits per heavy atom. The summed E-state index contributed by atoms with van der Waals surface area (Å²) in [6.45, 7) is 3.14. The van der Waals surface area contributed by atoms with Crippen LogP contribution in [0.15, 0.2) is 59.5 Å². The van der Waals surface area contributed by atoms with E-state index in [0.29, 0.717) is 26.8 Å². The Kier molecular flexibility index (Phi) is 10.1. The number of nitrogens with zero attached hydrogens (tertiary/aromatic N) is 3. The summed E-state index contributed by atoms with van der Waals surface area (Å²) in [4.78, 5) is 41.6. The number of carboxylic acid groups (broad SMARTS) is 1. The van der Waals surface area contributed by atoms with E-state index in [-0.39, 0.29) is 61.2 Å². The molecular weight excluding hydrogens is 706 g/mol. The smallest absolute Gasteiger partial charge is 0.416 e. The lowest BCUT2D eigenvalue weighted by Gasteiger charge is -2.34. The fraction of sp³-hybridized carbons (Fsp3) is 0.316. The molecule has 0 spiro atoms. The third-order valence-corrected chi connectivity index (χ3v) is 9.38. The number of aryl methyl sites for hydroxylation is 2. The quantitative estimate of drug-likeness (QED) is 0.202. The van der Waals surface area contributed by atoms with Gasteiger partial charge in [0.05, 0.1) is 30.5 Å². The van der Waals surface area contributed by atoms with Crippen LogP contribution in [0.1, 0.15) is 57.4 Å². The number of aliphatic carboxylic acids is 1. The number of halogens is 6. The van der Waals surface area contributed by atoms with E-state index >= 15 is 8.78 Å². The largest absolute Gasteiger partial charge is 0.481 e. The van der Waals surface area contributed by atoms with Crippen molar-refractivity contribution in [2.24, 2.45) is 0 Å². The molecule has 3 aromatic carbocycles. The first-order valence-electron chi connectivity index (χ1n) is 16.5. The van der Waals surface area contributed by atoms with Gasteiger partial charge in [-0.25, -0.2) is 13.2 Å². The standard InChI is InChI=1S/C38H32F6N4O5/c1-19-9-21(5-7-45)11-31-34(19)23-10-20(2)35(41)27(12-23)30(15-33(50)51)46-37(52)36(26-13-25(53-31)3-4-29(26)40)48-16-22(6-8-47-17-24(39)18-47)28(14-32(48)49)38(42,43)44/h3-4,9-14,16,24,30,36H,5-6,8,15,17-18H2,1-2H3,(H,46,52)(H,50,51)/t30-,36-/m0/s1. The number of carbonyl (C=O) groups excluding carboxylic acids is 1. The predicted octanol–water partition coefficient (Wildman–Crippen LogP) is 6.72. The van der Waals surface area contributed by atoms with Gasteiger partial charge >= 0.3 is 12.1 Å². The fourth-order valence-electron chi connectivity index (χ4n) is 6.89. The van der Waals surface area contributed by atoms with Crippen LogP contribution in [-0.4, -0.2) is 52.3 Å². The molecule has 15 heteroatoms. The molecule has 0 aliphatic carbocycles. The van der Waals surface area contributed by atoms with Crippen molar-refractivity contribution in [3.63, 3.8) is 0 Å². The van der Waals surface area contributed by atoms with Gasteiger partial charge in [0.1, 0.15) is 35.3 Å². The number of hydrogen-bond acceptors (Lipinski definition) is 6. The summed E-state index contributed by atoms with van der Waals surface area (Å²) in [7, 11) is 0. The first-order valence-corrected chi connectivity index (χ1v) is 16.5. The molecule has 2 aliphatic rings. The number of likely N-dealkylation sites (tertiary alicyclic amines) is 1. The molecule has 2 aliphatic heterocycles. The highest BCUT2D eigenvalue weighted by Gasteiger charge is 2.38. The van der Waals surface area contributed by atoms with Crippen LogP contribution >= 0.6 is 0 Å². The number of pyridine rings is 1. The number of carboxylic acids is 1. The van der Waals surface area contributed by atoms with E-state index < -0.39 is 76.6 Å². The molecule has 6 rings (SSSR count). The maximum Gasteiger partial charge on any atom is 0.416 e. The predicted molar refractivity (Wildman–Crippen MR) is 179 cm³/mol. The number of amides is 1. The second-order valence-corrected chi connectivity index (χ2v) is 13.2. The minimum absolute atomic E-state index is 0.00683. The van der Waals surface area contributed by atoms with Crippen LogP contribution in [0.3, 0.4) is 0 Å². The Balaban J connectivity index is 1.60. The molecular formula is C38H32F6N4O5. The van der Waals surface area contributed by atoms with Gasteiger partial charge in [0.15, 0.2) is 0 Å². The summed E-state index contributed by atoms with van der Waals surface area (Å²) < 4.78 is 94.9. The van der Waals surface area contributed by atoms with Crippen LogP contribution in [0.4, 0.5) is 26.3 Å². The average Bonchev–Trinajstić information content (AvgIpc) is 3.05. The number of alkyl halides is 4. The topological polar surface area (TPSA) is 125 Å². The number of ether oxygens (including phenoxy) is 1. The first kappa shape index (κ1) is 37.1. The van der Waals surface area contributed by atoms with E-state index in [1.807, 2.05) is 0 Å². The Hall–Kier alpha value is -5.62. The average molecular weight is 739 g/mol. The number of fused-ring (bicyclic) bond motifs is 6. The van der Waals surface area contributed by atoms with E-state index in [1.54, 1.807) is 24.0 Å². The third-order valence-electron chi connectivity index (χ3n) is 9.38. The molecule has 1 fully saturated rings. The zero-order valence-corrected chi connectivity index (χ0v) is 28.4. The van der Waals surface area contributed by atoms with E-state index in [9.17, 15) is 42.3 Å². The first-order chi connectivity index (χ1) is 25.0. The molecule has 2 N–H and O–H groups in total. The molecule has 4 aromatic rings. The van der Waals surface area contributed by atoms with E-state index in [2.05, 4.69) is 11.4 Å². The molecule has 9 nitrogen and oxygen atoms in total. The molecule has 276 valence electrons. The lowest BCUT2D eigenvalue weighted by molar-refractivity contribution is -0.139. The molecule has 0 radical (unpaired) electrons. The van der Waals surface area contributed by atoms with E-state index in [0.717, 1.165) is 18.3 Å². The summed E-state index contributed by atoms with van der Waals surface area (Å²) in [6, 6.07) is 8.02. The number of rotatable bonds is 7. The van der Waals surface area contributed by atoms with Gasteiger partial charge in [0.25, 0.3) is 5.56 Å². The number of nitriles is 1. The van der Waals surface area contributed by atoms with Gasteiger partial charge in [0.2, 0.25) is 5.91 Å². The van der Waals surface area contributed by atoms with Crippen molar-refractivity contribution in [1.29, 1.82) is 5.26 Å². The van der Waals surface area contributed by atoms with Gasteiger partial charge in [-0.3, -0.25) is 23.9 Å². The molecule has 0 unspecified atom stereocenters. The normalized spacial score (nSPS) is 17.6. The van der Waals surface area contributed by atoms with Crippen molar-refractivity contribution < 1.29 is 45.8 Å². The van der Waals surface area contributed by atoms with Gasteiger partial charge in [-0.05, 0) is 84.5 Å². The summed E-state index contributed by atoms with van der Waals surface area (Å²) in [5.74, 6) is -4.53. The highest BCUT2D eigenvalue weighted by Crippen LogP contribution is 2.41. The molecule has 2 atom stereocenters. The summed E-state index contributed by atoms with van der Waals surface area (Å²) in [5.41, 5.74) is -1.90. The van der Waals surface area contributed by atoms with Gasteiger partial charge in [-0.15, -0.1) is 0 Å². The Morgan fingerprint density at radius 3 is 2.43 bits per heavy atom. The van der Waals surface area contributed by atoms with E-state index in [4.69, 9.17) is 4.74 Å². The van der Waals surface area contributed by atoms with Gasteiger partial charge in [-0.1, -0.05) is 6.07 Å². The molecule has 1 saturated heterocycles. The monoisotopic (exact) mass is 738 g/mol. The van der Waals surface area contributed by atoms with Crippen molar-refractivity contribution in [3.8, 4) is 28.7 Å². The Labute approximate surface area is 299 Å². The van der Waals surface area contributed by atoms with Crippen molar-refractivity contribution in [2.45, 2.75) is 57.5 Å². The highest BCUT2D eigenvalue weighted by molar-refractivity contribution is 5.85. The van der Waals surface area contributed by atoms with Crippen LogP contribution in [0.2, 0.25) is 0 Å². The number of hydrogen-bond donors (Lipinski definition) is 2. The van der Waals surface area contributed by atoms with Crippen molar-refractivity contribution in [2.75, 3.05) is 19.6 Å². The second kappa shape index (κ2) is 14.4. The van der Waals surface area contributed by atoms with Crippen molar-refractivity contribution in [1.82, 2.24) is 14.8 Å². The lowest BCUT2D eigenvalue weighted by atomic mass is 9.91. The zero-order chi connectivity index (χ0) is 38.4. The molecule has 0 saturated carbocycles. The molecule has 1 aromatic heterocycles.